The van der Waals surface area contributed by atoms with E-state index in [0.717, 1.165) is 0 Å². The highest BCUT2D eigenvalue weighted by molar-refractivity contribution is 5.72. The van der Waals surface area contributed by atoms with Crippen molar-refractivity contribution in [2.75, 3.05) is 14.1 Å². The lowest BCUT2D eigenvalue weighted by Crippen LogP contribution is -2.42. The third-order valence-corrected chi connectivity index (χ3v) is 0.822. The maximum atomic E-state index is 10.1. The fourth-order valence-corrected chi connectivity index (χ4v) is 0.443. The Morgan fingerprint density at radius 1 is 1.67 bits per heavy atom. The second-order valence-electron chi connectivity index (χ2n) is 2.08. The first-order valence-electron chi connectivity index (χ1n) is 2.70. The molecule has 0 amide bonds. The molecule has 4 heteroatoms. The SMILES string of the molecule is C[C@H](NN(C)C)C(=O)O. The molecule has 0 aromatic rings. The van der Waals surface area contributed by atoms with Crippen LogP contribution in [0.2, 0.25) is 0 Å². The molecule has 1 atom stereocenters. The molecule has 0 saturated heterocycles. The first kappa shape index (κ1) is 8.39. The zero-order valence-electron chi connectivity index (χ0n) is 5.88. The Hall–Kier alpha value is -0.610. The normalized spacial score (nSPS) is 13.8. The number of hydrogen-bond donors (Lipinski definition) is 2. The Balaban J connectivity index is 3.50. The predicted octanol–water partition coefficient (Wildman–Crippen LogP) is -0.474. The summed E-state index contributed by atoms with van der Waals surface area (Å²) in [5, 5.41) is 9.95. The second-order valence-corrected chi connectivity index (χ2v) is 2.08. The Bertz CT molecular complexity index is 103. The van der Waals surface area contributed by atoms with Crippen LogP contribution in [0.1, 0.15) is 6.92 Å². The summed E-state index contributed by atoms with van der Waals surface area (Å²) in [7, 11) is 3.50. The van der Waals surface area contributed by atoms with E-state index >= 15 is 0 Å². The van der Waals surface area contributed by atoms with E-state index < -0.39 is 12.0 Å². The van der Waals surface area contributed by atoms with Crippen molar-refractivity contribution in [3.05, 3.63) is 0 Å². The van der Waals surface area contributed by atoms with Crippen LogP contribution in [-0.4, -0.2) is 36.2 Å². The summed E-state index contributed by atoms with van der Waals surface area (Å²) in [5.74, 6) is -0.844. The highest BCUT2D eigenvalue weighted by Gasteiger charge is 2.09. The van der Waals surface area contributed by atoms with Crippen LogP contribution in [-0.2, 0) is 4.79 Å². The van der Waals surface area contributed by atoms with Crippen LogP contribution in [0.25, 0.3) is 0 Å². The molecule has 9 heavy (non-hydrogen) atoms. The summed E-state index contributed by atoms with van der Waals surface area (Å²) in [6.07, 6.45) is 0. The van der Waals surface area contributed by atoms with Gasteiger partial charge < -0.3 is 5.11 Å². The largest absolute Gasteiger partial charge is 0.480 e. The van der Waals surface area contributed by atoms with E-state index in [-0.39, 0.29) is 0 Å². The fraction of sp³-hybridized carbons (Fsp3) is 0.800. The van der Waals surface area contributed by atoms with Gasteiger partial charge >= 0.3 is 5.97 Å². The number of aliphatic carboxylic acids is 1. The number of carbonyl (C=O) groups is 1. The Morgan fingerprint density at radius 2 is 2.11 bits per heavy atom. The molecule has 0 unspecified atom stereocenters. The summed E-state index contributed by atoms with van der Waals surface area (Å²) in [6.45, 7) is 1.59. The number of nitrogens with one attached hydrogen (secondary N) is 1. The zero-order chi connectivity index (χ0) is 7.44. The minimum atomic E-state index is -0.844. The van der Waals surface area contributed by atoms with Crippen LogP contribution in [0.3, 0.4) is 0 Å². The fourth-order valence-electron chi connectivity index (χ4n) is 0.443. The molecule has 0 aliphatic rings. The number of hydrogen-bond acceptors (Lipinski definition) is 3. The average molecular weight is 132 g/mol. The van der Waals surface area contributed by atoms with E-state index in [2.05, 4.69) is 5.43 Å². The number of rotatable bonds is 3. The minimum absolute atomic E-state index is 0.514. The van der Waals surface area contributed by atoms with Gasteiger partial charge in [-0.15, -0.1) is 0 Å². The van der Waals surface area contributed by atoms with Crippen LogP contribution in [0.5, 0.6) is 0 Å². The molecule has 0 aromatic heterocycles. The number of carboxylic acids is 1. The van der Waals surface area contributed by atoms with Gasteiger partial charge in [-0.3, -0.25) is 4.79 Å². The monoisotopic (exact) mass is 132 g/mol. The quantitative estimate of drug-likeness (QED) is 0.509. The molecular weight excluding hydrogens is 120 g/mol. The van der Waals surface area contributed by atoms with Crippen LogP contribution in [0.15, 0.2) is 0 Å². The van der Waals surface area contributed by atoms with E-state index in [1.165, 1.54) is 0 Å². The highest BCUT2D eigenvalue weighted by atomic mass is 16.4. The molecule has 0 aromatic carbocycles. The van der Waals surface area contributed by atoms with Crippen LogP contribution in [0.4, 0.5) is 0 Å². The molecule has 2 N–H and O–H groups in total. The highest BCUT2D eigenvalue weighted by Crippen LogP contribution is 1.79. The third-order valence-electron chi connectivity index (χ3n) is 0.822. The van der Waals surface area contributed by atoms with Gasteiger partial charge in [-0.05, 0) is 6.92 Å². The lowest BCUT2D eigenvalue weighted by atomic mass is 10.4. The van der Waals surface area contributed by atoms with Gasteiger partial charge in [0.2, 0.25) is 0 Å². The summed E-state index contributed by atoms with van der Waals surface area (Å²) in [5.41, 5.74) is 2.68. The molecule has 0 rings (SSSR count). The molecule has 0 aliphatic carbocycles. The second kappa shape index (κ2) is 3.42. The number of carboxylic acid groups (broad SMARTS) is 1. The van der Waals surface area contributed by atoms with E-state index in [4.69, 9.17) is 5.11 Å². The summed E-state index contributed by atoms with van der Waals surface area (Å²) >= 11 is 0. The lowest BCUT2D eigenvalue weighted by molar-refractivity contribution is -0.140. The Labute approximate surface area is 54.4 Å². The summed E-state index contributed by atoms with van der Waals surface area (Å²) in [6, 6.07) is -0.514. The molecule has 0 heterocycles. The van der Waals surface area contributed by atoms with Crippen molar-refractivity contribution in [2.45, 2.75) is 13.0 Å². The Kier molecular flexibility index (Phi) is 3.19. The van der Waals surface area contributed by atoms with Gasteiger partial charge in [0.15, 0.2) is 0 Å². The van der Waals surface area contributed by atoms with Gasteiger partial charge in [0.05, 0.1) is 0 Å². The predicted molar refractivity (Wildman–Crippen MR) is 33.9 cm³/mol. The first-order valence-corrected chi connectivity index (χ1v) is 2.70. The molecule has 0 spiro atoms. The van der Waals surface area contributed by atoms with Crippen molar-refractivity contribution >= 4 is 5.97 Å². The number of nitrogens with zero attached hydrogens (tertiary/aromatic N) is 1. The van der Waals surface area contributed by atoms with Gasteiger partial charge in [-0.2, -0.15) is 0 Å². The Morgan fingerprint density at radius 3 is 2.22 bits per heavy atom. The minimum Gasteiger partial charge on any atom is -0.480 e. The standard InChI is InChI=1S/C5H12N2O2/c1-4(5(8)9)6-7(2)3/h4,6H,1-3H3,(H,8,9)/t4-/m0/s1. The third kappa shape index (κ3) is 3.93. The van der Waals surface area contributed by atoms with Gasteiger partial charge in [0.1, 0.15) is 6.04 Å². The van der Waals surface area contributed by atoms with Crippen molar-refractivity contribution in [2.24, 2.45) is 0 Å². The first-order chi connectivity index (χ1) is 4.04. The smallest absolute Gasteiger partial charge is 0.321 e. The molecule has 0 bridgehead atoms. The molecule has 0 saturated carbocycles. The summed E-state index contributed by atoms with van der Waals surface area (Å²) < 4.78 is 0. The molecule has 4 nitrogen and oxygen atoms in total. The van der Waals surface area contributed by atoms with Gasteiger partial charge in [-0.25, -0.2) is 10.4 Å². The van der Waals surface area contributed by atoms with Crippen molar-refractivity contribution in [3.63, 3.8) is 0 Å². The maximum absolute atomic E-state index is 10.1. The van der Waals surface area contributed by atoms with Crippen molar-refractivity contribution in [1.29, 1.82) is 0 Å². The van der Waals surface area contributed by atoms with E-state index in [1.54, 1.807) is 26.0 Å². The van der Waals surface area contributed by atoms with Crippen molar-refractivity contribution in [1.82, 2.24) is 10.4 Å². The topological polar surface area (TPSA) is 52.6 Å². The lowest BCUT2D eigenvalue weighted by Gasteiger charge is -2.14. The van der Waals surface area contributed by atoms with Crippen LogP contribution < -0.4 is 5.43 Å². The maximum Gasteiger partial charge on any atom is 0.321 e. The summed E-state index contributed by atoms with van der Waals surface area (Å²) in [4.78, 5) is 10.1. The number of hydrazine groups is 1. The molecule has 0 aliphatic heterocycles. The van der Waals surface area contributed by atoms with Gasteiger partial charge in [0.25, 0.3) is 0 Å². The van der Waals surface area contributed by atoms with Gasteiger partial charge in [0, 0.05) is 14.1 Å². The van der Waals surface area contributed by atoms with E-state index in [9.17, 15) is 4.79 Å². The zero-order valence-corrected chi connectivity index (χ0v) is 5.88. The van der Waals surface area contributed by atoms with Gasteiger partial charge in [-0.1, -0.05) is 0 Å². The average Bonchev–Trinajstić information content (AvgIpc) is 1.63. The molecule has 0 radical (unpaired) electrons. The van der Waals surface area contributed by atoms with Crippen molar-refractivity contribution in [3.8, 4) is 0 Å². The van der Waals surface area contributed by atoms with Crippen LogP contribution >= 0.6 is 0 Å². The molecule has 0 fully saturated rings. The van der Waals surface area contributed by atoms with E-state index in [1.807, 2.05) is 0 Å². The van der Waals surface area contributed by atoms with Crippen molar-refractivity contribution < 1.29 is 9.90 Å². The molecular formula is C5H12N2O2. The van der Waals surface area contributed by atoms with E-state index in [0.29, 0.717) is 0 Å². The molecule has 54 valence electrons. The van der Waals surface area contributed by atoms with Crippen LogP contribution in [0, 0.1) is 0 Å².